The predicted molar refractivity (Wildman–Crippen MR) is 86.4 cm³/mol. The molecule has 0 spiro atoms. The van der Waals surface area contributed by atoms with Crippen LogP contribution in [0.5, 0.6) is 0 Å². The molecule has 2 aromatic carbocycles. The van der Waals surface area contributed by atoms with E-state index in [2.05, 4.69) is 0 Å². The topological polar surface area (TPSA) is 77.2 Å². The molecule has 2 rings (SSSR count). The summed E-state index contributed by atoms with van der Waals surface area (Å²) in [5.74, 6) is -1.03. The van der Waals surface area contributed by atoms with Gasteiger partial charge in [0, 0.05) is 0 Å². The van der Waals surface area contributed by atoms with Crippen molar-refractivity contribution < 1.29 is 13.2 Å². The molecule has 0 aliphatic rings. The lowest BCUT2D eigenvalue weighted by atomic mass is 10.0. The van der Waals surface area contributed by atoms with Crippen molar-refractivity contribution in [1.82, 2.24) is 0 Å². The maximum Gasteiger partial charge on any atom is 0.185 e. The molecule has 22 heavy (non-hydrogen) atoms. The largest absolute Gasteiger partial charge is 0.321 e. The first-order valence-corrected chi connectivity index (χ1v) is 8.65. The van der Waals surface area contributed by atoms with Crippen molar-refractivity contribution in [2.45, 2.75) is 24.3 Å². The number of rotatable bonds is 6. The molecule has 0 aliphatic carbocycles. The van der Waals surface area contributed by atoms with Crippen LogP contribution in [0.25, 0.3) is 0 Å². The zero-order valence-electron chi connectivity index (χ0n) is 12.4. The van der Waals surface area contributed by atoms with E-state index in [0.717, 1.165) is 11.1 Å². The number of hydrogen-bond donors (Lipinski definition) is 1. The minimum Gasteiger partial charge on any atom is -0.321 e. The van der Waals surface area contributed by atoms with Crippen LogP contribution in [0.3, 0.4) is 0 Å². The van der Waals surface area contributed by atoms with Crippen molar-refractivity contribution >= 4 is 15.6 Å². The molecule has 5 heteroatoms. The van der Waals surface area contributed by atoms with E-state index < -0.39 is 27.4 Å². The number of hydrogen-bond acceptors (Lipinski definition) is 4. The van der Waals surface area contributed by atoms with Crippen molar-refractivity contribution in [3.05, 3.63) is 65.7 Å². The van der Waals surface area contributed by atoms with Gasteiger partial charge in [-0.1, -0.05) is 48.0 Å². The van der Waals surface area contributed by atoms with Gasteiger partial charge in [0.25, 0.3) is 0 Å². The van der Waals surface area contributed by atoms with Crippen LogP contribution in [-0.4, -0.2) is 26.0 Å². The third kappa shape index (κ3) is 4.26. The Bertz CT molecular complexity index is 737. The molecule has 2 N–H and O–H groups in total. The van der Waals surface area contributed by atoms with Gasteiger partial charge in [0.1, 0.15) is 5.75 Å². The van der Waals surface area contributed by atoms with E-state index in [-0.39, 0.29) is 4.90 Å². The van der Waals surface area contributed by atoms with Crippen LogP contribution in [0.2, 0.25) is 0 Å². The van der Waals surface area contributed by atoms with Gasteiger partial charge >= 0.3 is 0 Å². The Morgan fingerprint density at radius 3 is 2.23 bits per heavy atom. The fourth-order valence-electron chi connectivity index (χ4n) is 2.11. The van der Waals surface area contributed by atoms with Crippen LogP contribution in [0, 0.1) is 6.92 Å². The summed E-state index contributed by atoms with van der Waals surface area (Å²) in [7, 11) is -3.64. The summed E-state index contributed by atoms with van der Waals surface area (Å²) in [5, 5.41) is 0. The molecule has 0 saturated heterocycles. The second-order valence-electron chi connectivity index (χ2n) is 5.33. The highest BCUT2D eigenvalue weighted by atomic mass is 32.2. The summed E-state index contributed by atoms with van der Waals surface area (Å²) in [6.45, 7) is 1.87. The molecule has 4 nitrogen and oxygen atoms in total. The quantitative estimate of drug-likeness (QED) is 0.883. The Balaban J connectivity index is 2.05. The zero-order chi connectivity index (χ0) is 16.2. The molecule has 0 unspecified atom stereocenters. The summed E-state index contributed by atoms with van der Waals surface area (Å²) in [6.07, 6.45) is 0.336. The van der Waals surface area contributed by atoms with Gasteiger partial charge < -0.3 is 5.73 Å². The molecule has 2 aromatic rings. The van der Waals surface area contributed by atoms with Crippen molar-refractivity contribution in [2.75, 3.05) is 5.75 Å². The van der Waals surface area contributed by atoms with Gasteiger partial charge in [-0.05, 0) is 31.0 Å². The van der Waals surface area contributed by atoms with E-state index in [1.807, 2.05) is 37.3 Å². The number of benzene rings is 2. The third-order valence-electron chi connectivity index (χ3n) is 3.42. The Morgan fingerprint density at radius 2 is 1.64 bits per heavy atom. The van der Waals surface area contributed by atoms with E-state index >= 15 is 0 Å². The number of aryl methyl sites for hydroxylation is 1. The lowest BCUT2D eigenvalue weighted by Crippen LogP contribution is -2.37. The van der Waals surface area contributed by atoms with Crippen LogP contribution >= 0.6 is 0 Å². The van der Waals surface area contributed by atoms with Gasteiger partial charge in [-0.15, -0.1) is 0 Å². The monoisotopic (exact) mass is 317 g/mol. The molecule has 0 radical (unpaired) electrons. The number of carbonyl (C=O) groups is 1. The molecular formula is C17H19NO3S. The second-order valence-corrected chi connectivity index (χ2v) is 7.32. The Labute approximate surface area is 130 Å². The molecule has 0 fully saturated rings. The van der Waals surface area contributed by atoms with Crippen LogP contribution in [0.15, 0.2) is 59.5 Å². The molecule has 1 atom stereocenters. The second kappa shape index (κ2) is 6.85. The van der Waals surface area contributed by atoms with Crippen molar-refractivity contribution in [3.63, 3.8) is 0 Å². The van der Waals surface area contributed by atoms with Crippen LogP contribution < -0.4 is 5.73 Å². The predicted octanol–water partition coefficient (Wildman–Crippen LogP) is 1.91. The Morgan fingerprint density at radius 1 is 1.05 bits per heavy atom. The summed E-state index contributed by atoms with van der Waals surface area (Å²) >= 11 is 0. The maximum absolute atomic E-state index is 12.2. The minimum atomic E-state index is -3.64. The van der Waals surface area contributed by atoms with Crippen molar-refractivity contribution in [2.24, 2.45) is 5.73 Å². The maximum atomic E-state index is 12.2. The standard InChI is InChI=1S/C17H19NO3S/c1-13-7-9-15(10-8-13)22(20,21)12-17(19)16(18)11-14-5-3-2-4-6-14/h2-10,16H,11-12,18H2,1H3/t16-/m0/s1. The van der Waals surface area contributed by atoms with Gasteiger partial charge in [0.05, 0.1) is 10.9 Å². The third-order valence-corrected chi connectivity index (χ3v) is 5.08. The first-order chi connectivity index (χ1) is 10.4. The van der Waals surface area contributed by atoms with E-state index in [9.17, 15) is 13.2 Å². The number of nitrogens with two attached hydrogens (primary N) is 1. The Hall–Kier alpha value is -1.98. The summed E-state index contributed by atoms with van der Waals surface area (Å²) in [5.41, 5.74) is 7.72. The number of carbonyl (C=O) groups excluding carboxylic acids is 1. The molecule has 0 amide bonds. The molecule has 0 bridgehead atoms. The first-order valence-electron chi connectivity index (χ1n) is 7.00. The van der Waals surface area contributed by atoms with Crippen LogP contribution in [0.4, 0.5) is 0 Å². The van der Waals surface area contributed by atoms with Crippen LogP contribution in [0.1, 0.15) is 11.1 Å². The van der Waals surface area contributed by atoms with Gasteiger partial charge in [-0.25, -0.2) is 8.42 Å². The van der Waals surface area contributed by atoms with E-state index in [4.69, 9.17) is 5.73 Å². The lowest BCUT2D eigenvalue weighted by molar-refractivity contribution is -0.117. The molecule has 0 heterocycles. The normalized spacial score (nSPS) is 12.8. The summed E-state index contributed by atoms with van der Waals surface area (Å²) in [4.78, 5) is 12.3. The average Bonchev–Trinajstić information content (AvgIpc) is 2.48. The molecule has 0 aliphatic heterocycles. The molecule has 116 valence electrons. The van der Waals surface area contributed by atoms with Crippen molar-refractivity contribution in [1.29, 1.82) is 0 Å². The van der Waals surface area contributed by atoms with Gasteiger partial charge in [0.2, 0.25) is 0 Å². The van der Waals surface area contributed by atoms with Crippen molar-refractivity contribution in [3.8, 4) is 0 Å². The van der Waals surface area contributed by atoms with Gasteiger partial charge in [-0.3, -0.25) is 4.79 Å². The summed E-state index contributed by atoms with van der Waals surface area (Å²) in [6, 6.07) is 14.9. The molecular weight excluding hydrogens is 298 g/mol. The van der Waals surface area contributed by atoms with E-state index in [1.165, 1.54) is 12.1 Å². The highest BCUT2D eigenvalue weighted by molar-refractivity contribution is 7.92. The zero-order valence-corrected chi connectivity index (χ0v) is 13.2. The van der Waals surface area contributed by atoms with Crippen LogP contribution in [-0.2, 0) is 21.1 Å². The summed E-state index contributed by atoms with van der Waals surface area (Å²) < 4.78 is 24.5. The fraction of sp³-hybridized carbons (Fsp3) is 0.235. The average molecular weight is 317 g/mol. The van der Waals surface area contributed by atoms with E-state index in [0.29, 0.717) is 6.42 Å². The first kappa shape index (κ1) is 16.4. The fourth-order valence-corrected chi connectivity index (χ4v) is 3.41. The number of sulfone groups is 1. The highest BCUT2D eigenvalue weighted by Gasteiger charge is 2.23. The number of Topliss-reactive ketones (excluding diaryl/α,β-unsaturated/α-hetero) is 1. The minimum absolute atomic E-state index is 0.151. The smallest absolute Gasteiger partial charge is 0.185 e. The SMILES string of the molecule is Cc1ccc(S(=O)(=O)CC(=O)[C@@H](N)Cc2ccccc2)cc1. The van der Waals surface area contributed by atoms with Gasteiger partial charge in [-0.2, -0.15) is 0 Å². The van der Waals surface area contributed by atoms with E-state index in [1.54, 1.807) is 12.1 Å². The van der Waals surface area contributed by atoms with Gasteiger partial charge in [0.15, 0.2) is 15.6 Å². The number of ketones is 1. The molecule has 0 saturated carbocycles. The Kier molecular flexibility index (Phi) is 5.11. The lowest BCUT2D eigenvalue weighted by Gasteiger charge is -2.11. The highest BCUT2D eigenvalue weighted by Crippen LogP contribution is 2.13. The molecule has 0 aromatic heterocycles.